The average molecular weight is 456 g/mol. The molecular formula is C12H5BrF2INO3. The summed E-state index contributed by atoms with van der Waals surface area (Å²) in [6.07, 6.45) is 0. The topological polar surface area (TPSA) is 52.4 Å². The monoisotopic (exact) mass is 455 g/mol. The molecule has 2 aromatic carbocycles. The van der Waals surface area contributed by atoms with E-state index >= 15 is 0 Å². The summed E-state index contributed by atoms with van der Waals surface area (Å²) in [5.74, 6) is -1.98. The fourth-order valence-electron chi connectivity index (χ4n) is 1.42. The highest BCUT2D eigenvalue weighted by molar-refractivity contribution is 14.1. The maximum Gasteiger partial charge on any atom is 0.312 e. The van der Waals surface area contributed by atoms with Crippen LogP contribution in [0.2, 0.25) is 0 Å². The zero-order chi connectivity index (χ0) is 14.9. The van der Waals surface area contributed by atoms with E-state index in [4.69, 9.17) is 4.74 Å². The Hall–Kier alpha value is -1.29. The van der Waals surface area contributed by atoms with E-state index in [-0.39, 0.29) is 15.1 Å². The van der Waals surface area contributed by atoms with Crippen molar-refractivity contribution in [2.45, 2.75) is 0 Å². The second-order valence-electron chi connectivity index (χ2n) is 3.67. The minimum Gasteiger partial charge on any atom is -0.447 e. The Morgan fingerprint density at radius 3 is 2.50 bits per heavy atom. The molecule has 104 valence electrons. The Labute approximate surface area is 134 Å². The minimum absolute atomic E-state index is 0.0800. The molecule has 2 aromatic rings. The lowest BCUT2D eigenvalue weighted by Crippen LogP contribution is -1.97. The van der Waals surface area contributed by atoms with Gasteiger partial charge in [-0.25, -0.2) is 8.78 Å². The first-order chi connectivity index (χ1) is 9.38. The fourth-order valence-corrected chi connectivity index (χ4v) is 2.21. The quantitative estimate of drug-likeness (QED) is 0.370. The minimum atomic E-state index is -0.715. The van der Waals surface area contributed by atoms with Gasteiger partial charge in [-0.1, -0.05) is 15.9 Å². The molecular weight excluding hydrogens is 451 g/mol. The maximum atomic E-state index is 13.6. The lowest BCUT2D eigenvalue weighted by Gasteiger charge is -2.08. The molecule has 0 spiro atoms. The lowest BCUT2D eigenvalue weighted by molar-refractivity contribution is -0.385. The van der Waals surface area contributed by atoms with Crippen LogP contribution in [-0.2, 0) is 0 Å². The molecule has 0 radical (unpaired) electrons. The van der Waals surface area contributed by atoms with Crippen molar-refractivity contribution in [1.82, 2.24) is 0 Å². The number of nitro groups is 1. The molecule has 0 heterocycles. The van der Waals surface area contributed by atoms with E-state index in [1.54, 1.807) is 22.6 Å². The first kappa shape index (κ1) is 15.1. The van der Waals surface area contributed by atoms with Gasteiger partial charge in [-0.2, -0.15) is 0 Å². The largest absolute Gasteiger partial charge is 0.447 e. The molecule has 0 saturated heterocycles. The second-order valence-corrected chi connectivity index (χ2v) is 5.75. The average Bonchev–Trinajstić information content (AvgIpc) is 2.37. The van der Waals surface area contributed by atoms with Crippen molar-refractivity contribution in [2.24, 2.45) is 0 Å². The van der Waals surface area contributed by atoms with Crippen LogP contribution in [0.25, 0.3) is 0 Å². The van der Waals surface area contributed by atoms with Gasteiger partial charge in [0.2, 0.25) is 5.75 Å². The van der Waals surface area contributed by atoms with Crippen molar-refractivity contribution in [3.05, 3.63) is 60.1 Å². The van der Waals surface area contributed by atoms with Gasteiger partial charge in [0, 0.05) is 16.6 Å². The van der Waals surface area contributed by atoms with Crippen LogP contribution in [0.3, 0.4) is 0 Å². The van der Waals surface area contributed by atoms with Gasteiger partial charge in [-0.3, -0.25) is 10.1 Å². The highest BCUT2D eigenvalue weighted by atomic mass is 127. The Bertz CT molecular complexity index is 697. The summed E-state index contributed by atoms with van der Waals surface area (Å²) in [6, 6.07) is 5.77. The Morgan fingerprint density at radius 2 is 1.85 bits per heavy atom. The number of halogens is 4. The highest BCUT2D eigenvalue weighted by Gasteiger charge is 2.20. The van der Waals surface area contributed by atoms with E-state index in [0.29, 0.717) is 4.47 Å². The number of rotatable bonds is 3. The summed E-state index contributed by atoms with van der Waals surface area (Å²) in [5.41, 5.74) is -0.435. The van der Waals surface area contributed by atoms with Gasteiger partial charge in [-0.15, -0.1) is 0 Å². The van der Waals surface area contributed by atoms with Crippen molar-refractivity contribution < 1.29 is 18.4 Å². The number of nitrogens with zero attached hydrogens (tertiary/aromatic N) is 1. The van der Waals surface area contributed by atoms with Crippen LogP contribution < -0.4 is 4.74 Å². The smallest absolute Gasteiger partial charge is 0.312 e. The Kier molecular flexibility index (Phi) is 4.53. The molecule has 8 heteroatoms. The third-order valence-corrected chi connectivity index (χ3v) is 3.63. The fraction of sp³-hybridized carbons (Fsp3) is 0. The van der Waals surface area contributed by atoms with E-state index in [1.807, 2.05) is 0 Å². The molecule has 0 aliphatic heterocycles. The van der Waals surface area contributed by atoms with Gasteiger partial charge >= 0.3 is 5.69 Å². The zero-order valence-corrected chi connectivity index (χ0v) is 13.3. The summed E-state index contributed by atoms with van der Waals surface area (Å²) < 4.78 is 32.8. The molecule has 0 bridgehead atoms. The van der Waals surface area contributed by atoms with Crippen molar-refractivity contribution in [2.75, 3.05) is 0 Å². The van der Waals surface area contributed by atoms with Gasteiger partial charge in [0.1, 0.15) is 5.82 Å². The normalized spacial score (nSPS) is 10.4. The van der Waals surface area contributed by atoms with Gasteiger partial charge < -0.3 is 4.74 Å². The summed E-state index contributed by atoms with van der Waals surface area (Å²) in [4.78, 5) is 10.2. The molecule has 0 aliphatic carbocycles. The number of hydrogen-bond donors (Lipinski definition) is 0. The summed E-state index contributed by atoms with van der Waals surface area (Å²) >= 11 is 4.75. The predicted molar refractivity (Wildman–Crippen MR) is 79.9 cm³/mol. The van der Waals surface area contributed by atoms with Crippen molar-refractivity contribution in [1.29, 1.82) is 0 Å². The van der Waals surface area contributed by atoms with Gasteiger partial charge in [-0.05, 0) is 40.8 Å². The number of hydrogen-bond acceptors (Lipinski definition) is 3. The molecule has 0 atom stereocenters. The second kappa shape index (κ2) is 6.00. The van der Waals surface area contributed by atoms with Crippen LogP contribution in [0.1, 0.15) is 0 Å². The summed E-state index contributed by atoms with van der Waals surface area (Å²) in [6.45, 7) is 0. The molecule has 0 amide bonds. The standard InChI is InChI=1S/C12H5BrF2INO3/c13-6-1-2-7(14)11(3-6)20-12-4-8(15)9(16)5-10(12)17(18)19/h1-5H. The highest BCUT2D eigenvalue weighted by Crippen LogP contribution is 2.35. The van der Waals surface area contributed by atoms with Crippen molar-refractivity contribution in [3.8, 4) is 11.5 Å². The SMILES string of the molecule is O=[N+]([O-])c1cc(I)c(F)cc1Oc1cc(Br)ccc1F. The first-order valence-electron chi connectivity index (χ1n) is 5.15. The molecule has 0 unspecified atom stereocenters. The maximum absolute atomic E-state index is 13.6. The Balaban J connectivity index is 2.50. The molecule has 2 rings (SSSR count). The zero-order valence-electron chi connectivity index (χ0n) is 9.57. The third kappa shape index (κ3) is 3.23. The van der Waals surface area contributed by atoms with Crippen LogP contribution in [0.4, 0.5) is 14.5 Å². The molecule has 0 aliphatic rings. The van der Waals surface area contributed by atoms with E-state index in [0.717, 1.165) is 18.2 Å². The molecule has 0 fully saturated rings. The number of ether oxygens (including phenoxy) is 1. The van der Waals surface area contributed by atoms with Crippen LogP contribution >= 0.6 is 38.5 Å². The summed E-state index contributed by atoms with van der Waals surface area (Å²) in [7, 11) is 0. The van der Waals surface area contributed by atoms with Gasteiger partial charge in [0.15, 0.2) is 11.6 Å². The van der Waals surface area contributed by atoms with Gasteiger partial charge in [0.05, 0.1) is 8.49 Å². The molecule has 0 aromatic heterocycles. The molecule has 20 heavy (non-hydrogen) atoms. The van der Waals surface area contributed by atoms with Crippen molar-refractivity contribution >= 4 is 44.2 Å². The van der Waals surface area contributed by atoms with E-state index in [2.05, 4.69) is 15.9 Å². The van der Waals surface area contributed by atoms with E-state index < -0.39 is 22.2 Å². The van der Waals surface area contributed by atoms with Crippen LogP contribution in [0, 0.1) is 25.3 Å². The molecule has 0 N–H and O–H groups in total. The van der Waals surface area contributed by atoms with E-state index in [9.17, 15) is 18.9 Å². The van der Waals surface area contributed by atoms with Crippen molar-refractivity contribution in [3.63, 3.8) is 0 Å². The van der Waals surface area contributed by atoms with Gasteiger partial charge in [0.25, 0.3) is 0 Å². The van der Waals surface area contributed by atoms with E-state index in [1.165, 1.54) is 12.1 Å². The number of nitro benzene ring substituents is 1. The summed E-state index contributed by atoms with van der Waals surface area (Å²) in [5, 5.41) is 10.9. The predicted octanol–water partition coefficient (Wildman–Crippen LogP) is 5.03. The third-order valence-electron chi connectivity index (χ3n) is 2.31. The Morgan fingerprint density at radius 1 is 1.15 bits per heavy atom. The number of benzene rings is 2. The molecule has 4 nitrogen and oxygen atoms in total. The lowest BCUT2D eigenvalue weighted by atomic mass is 10.3. The van der Waals surface area contributed by atoms with Crippen LogP contribution in [0.15, 0.2) is 34.8 Å². The van der Waals surface area contributed by atoms with Crippen LogP contribution in [-0.4, -0.2) is 4.92 Å². The first-order valence-corrected chi connectivity index (χ1v) is 7.02. The molecule has 0 saturated carbocycles. The van der Waals surface area contributed by atoms with Crippen LogP contribution in [0.5, 0.6) is 11.5 Å².